The lowest BCUT2D eigenvalue weighted by Crippen LogP contribution is -2.37. The van der Waals surface area contributed by atoms with Crippen LogP contribution in [0.25, 0.3) is 0 Å². The number of carbonyl (C=O) groups excluding carboxylic acids is 1. The Hall–Kier alpha value is -0.570. The first-order chi connectivity index (χ1) is 6.75. The van der Waals surface area contributed by atoms with Crippen LogP contribution in [-0.4, -0.2) is 37.5 Å². The summed E-state index contributed by atoms with van der Waals surface area (Å²) in [5.74, 6) is 1.32. The van der Waals surface area contributed by atoms with Gasteiger partial charge in [0.1, 0.15) is 0 Å². The summed E-state index contributed by atoms with van der Waals surface area (Å²) in [6.45, 7) is 3.22. The zero-order chi connectivity index (χ0) is 9.97. The van der Waals surface area contributed by atoms with Crippen LogP contribution in [0.4, 0.5) is 0 Å². The summed E-state index contributed by atoms with van der Waals surface area (Å²) >= 11 is 0. The predicted octanol–water partition coefficient (Wildman–Crippen LogP) is 0.854. The Balaban J connectivity index is 1.64. The fraction of sp³-hybridized carbons (Fsp3) is 0.909. The first-order valence-electron chi connectivity index (χ1n) is 5.72. The molecule has 1 unspecified atom stereocenters. The number of rotatable bonds is 3. The van der Waals surface area contributed by atoms with E-state index in [4.69, 9.17) is 0 Å². The van der Waals surface area contributed by atoms with Gasteiger partial charge in [0.2, 0.25) is 5.91 Å². The van der Waals surface area contributed by atoms with E-state index in [2.05, 4.69) is 17.3 Å². The molecule has 1 atom stereocenters. The van der Waals surface area contributed by atoms with Crippen molar-refractivity contribution in [3.05, 3.63) is 0 Å². The maximum atomic E-state index is 11.5. The maximum absolute atomic E-state index is 11.5. The van der Waals surface area contributed by atoms with Crippen molar-refractivity contribution in [3.8, 4) is 0 Å². The Bertz CT molecular complexity index is 213. The topological polar surface area (TPSA) is 32.3 Å². The number of nitrogens with one attached hydrogen (secondary N) is 1. The maximum Gasteiger partial charge on any atom is 0.223 e. The second-order valence-electron chi connectivity index (χ2n) is 4.79. The van der Waals surface area contributed by atoms with Crippen molar-refractivity contribution in [1.29, 1.82) is 0 Å². The molecule has 2 aliphatic rings. The van der Waals surface area contributed by atoms with E-state index in [1.54, 1.807) is 0 Å². The number of carbonyl (C=O) groups is 1. The van der Waals surface area contributed by atoms with Crippen LogP contribution in [0.5, 0.6) is 0 Å². The van der Waals surface area contributed by atoms with Gasteiger partial charge in [0, 0.05) is 19.0 Å². The number of nitrogens with zero attached hydrogens (tertiary/aromatic N) is 1. The van der Waals surface area contributed by atoms with Crippen LogP contribution in [0.2, 0.25) is 0 Å². The molecule has 80 valence electrons. The van der Waals surface area contributed by atoms with Gasteiger partial charge in [-0.15, -0.1) is 0 Å². The Kier molecular flexibility index (Phi) is 3.06. The molecule has 0 aromatic carbocycles. The summed E-state index contributed by atoms with van der Waals surface area (Å²) in [6.07, 6.45) is 4.69. The summed E-state index contributed by atoms with van der Waals surface area (Å²) in [7, 11) is 2.15. The minimum atomic E-state index is 0.297. The highest BCUT2D eigenvalue weighted by molar-refractivity contribution is 5.79. The van der Waals surface area contributed by atoms with Gasteiger partial charge in [0.15, 0.2) is 0 Å². The minimum Gasteiger partial charge on any atom is -0.356 e. The summed E-state index contributed by atoms with van der Waals surface area (Å²) < 4.78 is 0. The Morgan fingerprint density at radius 1 is 1.43 bits per heavy atom. The number of likely N-dealkylation sites (tertiary alicyclic amines) is 1. The van der Waals surface area contributed by atoms with Gasteiger partial charge >= 0.3 is 0 Å². The third-order valence-electron chi connectivity index (χ3n) is 3.53. The molecule has 1 N–H and O–H groups in total. The first kappa shape index (κ1) is 9.97. The normalized spacial score (nSPS) is 28.8. The third kappa shape index (κ3) is 2.27. The van der Waals surface area contributed by atoms with Crippen molar-refractivity contribution >= 4 is 5.91 Å². The molecule has 2 rings (SSSR count). The van der Waals surface area contributed by atoms with Crippen LogP contribution >= 0.6 is 0 Å². The van der Waals surface area contributed by atoms with Crippen molar-refractivity contribution in [2.24, 2.45) is 11.8 Å². The molecule has 14 heavy (non-hydrogen) atoms. The molecule has 1 aliphatic carbocycles. The van der Waals surface area contributed by atoms with Gasteiger partial charge in [-0.05, 0) is 38.8 Å². The highest BCUT2D eigenvalue weighted by Gasteiger charge is 2.26. The quantitative estimate of drug-likeness (QED) is 0.726. The molecule has 0 bridgehead atoms. The smallest absolute Gasteiger partial charge is 0.223 e. The van der Waals surface area contributed by atoms with Crippen LogP contribution in [0.15, 0.2) is 0 Å². The van der Waals surface area contributed by atoms with E-state index in [9.17, 15) is 4.79 Å². The lowest BCUT2D eigenvalue weighted by atomic mass is 9.85. The third-order valence-corrected chi connectivity index (χ3v) is 3.53. The van der Waals surface area contributed by atoms with Crippen molar-refractivity contribution in [3.63, 3.8) is 0 Å². The monoisotopic (exact) mass is 196 g/mol. The Morgan fingerprint density at radius 3 is 2.71 bits per heavy atom. The Morgan fingerprint density at radius 2 is 2.21 bits per heavy atom. The number of amides is 1. The lowest BCUT2D eigenvalue weighted by Gasteiger charge is -2.24. The largest absolute Gasteiger partial charge is 0.356 e. The zero-order valence-corrected chi connectivity index (χ0v) is 8.96. The summed E-state index contributed by atoms with van der Waals surface area (Å²) in [4.78, 5) is 13.9. The van der Waals surface area contributed by atoms with E-state index in [1.807, 2.05) is 0 Å². The van der Waals surface area contributed by atoms with E-state index in [0.29, 0.717) is 17.7 Å². The van der Waals surface area contributed by atoms with E-state index in [-0.39, 0.29) is 0 Å². The SMILES string of the molecule is CN1CCC(CNC(=O)C2CCC2)C1. The van der Waals surface area contributed by atoms with Gasteiger partial charge in [-0.2, -0.15) is 0 Å². The highest BCUT2D eigenvalue weighted by atomic mass is 16.1. The van der Waals surface area contributed by atoms with E-state index < -0.39 is 0 Å². The summed E-state index contributed by atoms with van der Waals surface area (Å²) in [6, 6.07) is 0. The zero-order valence-electron chi connectivity index (χ0n) is 8.96. The molecule has 0 aromatic rings. The molecule has 0 radical (unpaired) electrons. The average Bonchev–Trinajstić information content (AvgIpc) is 2.45. The molecule has 1 saturated carbocycles. The number of hydrogen-bond acceptors (Lipinski definition) is 2. The first-order valence-corrected chi connectivity index (χ1v) is 5.72. The lowest BCUT2D eigenvalue weighted by molar-refractivity contribution is -0.127. The van der Waals surface area contributed by atoms with Crippen molar-refractivity contribution < 1.29 is 4.79 Å². The van der Waals surface area contributed by atoms with E-state index >= 15 is 0 Å². The molecule has 1 aliphatic heterocycles. The molecular weight excluding hydrogens is 176 g/mol. The van der Waals surface area contributed by atoms with Gasteiger partial charge in [-0.1, -0.05) is 6.42 Å². The predicted molar refractivity (Wildman–Crippen MR) is 56.0 cm³/mol. The molecule has 2 fully saturated rings. The molecule has 0 aromatic heterocycles. The fourth-order valence-electron chi connectivity index (χ4n) is 2.25. The molecule has 1 heterocycles. The van der Waals surface area contributed by atoms with Crippen molar-refractivity contribution in [2.45, 2.75) is 25.7 Å². The standard InChI is InChI=1S/C11H20N2O/c1-13-6-5-9(8-13)7-12-11(14)10-3-2-4-10/h9-10H,2-8H2,1H3,(H,12,14). The molecule has 0 spiro atoms. The van der Waals surface area contributed by atoms with Crippen LogP contribution < -0.4 is 5.32 Å². The van der Waals surface area contributed by atoms with Gasteiger partial charge in [-0.3, -0.25) is 4.79 Å². The van der Waals surface area contributed by atoms with Crippen LogP contribution in [0.1, 0.15) is 25.7 Å². The van der Waals surface area contributed by atoms with Gasteiger partial charge in [0.25, 0.3) is 0 Å². The summed E-state index contributed by atoms with van der Waals surface area (Å²) in [5.41, 5.74) is 0. The molecule has 1 amide bonds. The summed E-state index contributed by atoms with van der Waals surface area (Å²) in [5, 5.41) is 3.08. The van der Waals surface area contributed by atoms with Crippen LogP contribution in [-0.2, 0) is 4.79 Å². The van der Waals surface area contributed by atoms with Gasteiger partial charge < -0.3 is 10.2 Å². The molecule has 3 nitrogen and oxygen atoms in total. The van der Waals surface area contributed by atoms with E-state index in [0.717, 1.165) is 25.9 Å². The Labute approximate surface area is 85.8 Å². The second-order valence-corrected chi connectivity index (χ2v) is 4.79. The second kappa shape index (κ2) is 4.30. The van der Waals surface area contributed by atoms with Crippen molar-refractivity contribution in [1.82, 2.24) is 10.2 Å². The average molecular weight is 196 g/mol. The minimum absolute atomic E-state index is 0.297. The van der Waals surface area contributed by atoms with Gasteiger partial charge in [0.05, 0.1) is 0 Å². The van der Waals surface area contributed by atoms with Gasteiger partial charge in [-0.25, -0.2) is 0 Å². The van der Waals surface area contributed by atoms with Crippen LogP contribution in [0.3, 0.4) is 0 Å². The van der Waals surface area contributed by atoms with Crippen molar-refractivity contribution in [2.75, 3.05) is 26.7 Å². The number of hydrogen-bond donors (Lipinski definition) is 1. The molecular formula is C11H20N2O. The fourth-order valence-corrected chi connectivity index (χ4v) is 2.25. The molecule has 1 saturated heterocycles. The molecule has 3 heteroatoms. The van der Waals surface area contributed by atoms with E-state index in [1.165, 1.54) is 19.4 Å². The highest BCUT2D eigenvalue weighted by Crippen LogP contribution is 2.26. The van der Waals surface area contributed by atoms with Crippen LogP contribution in [0, 0.1) is 11.8 Å².